The third-order valence-electron chi connectivity index (χ3n) is 4.10. The van der Waals surface area contributed by atoms with Crippen LogP contribution in [0.25, 0.3) is 0 Å². The molecule has 1 unspecified atom stereocenters. The van der Waals surface area contributed by atoms with Gasteiger partial charge in [-0.05, 0) is 23.8 Å². The van der Waals surface area contributed by atoms with E-state index in [9.17, 15) is 18.0 Å². The van der Waals surface area contributed by atoms with Gasteiger partial charge in [0.1, 0.15) is 0 Å². The Balaban J connectivity index is 1.70. The molecular weight excluding hydrogens is 357 g/mol. The van der Waals surface area contributed by atoms with Crippen LogP contribution in [0.3, 0.4) is 0 Å². The van der Waals surface area contributed by atoms with Crippen LogP contribution in [0.1, 0.15) is 30.0 Å². The molecule has 0 spiro atoms. The molecule has 1 atom stereocenters. The second kappa shape index (κ2) is 7.61. The van der Waals surface area contributed by atoms with E-state index in [1.54, 1.807) is 12.1 Å². The van der Waals surface area contributed by atoms with Crippen molar-refractivity contribution in [2.75, 3.05) is 5.43 Å². The standard InChI is InChI=1S/C19H17F3N4O/c1-12-10-17(27)25-26-18(12)13-6-8-15(9-7-13)24-23-11-14-4-2-3-5-16(14)19(20,21)22/h2-9,11-12,24H,10H2,1H3,(H,25,27)/b23-11-. The predicted octanol–water partition coefficient (Wildman–Crippen LogP) is 4.01. The van der Waals surface area contributed by atoms with Gasteiger partial charge in [-0.1, -0.05) is 37.3 Å². The number of anilines is 1. The van der Waals surface area contributed by atoms with Crippen LogP contribution in [-0.4, -0.2) is 17.8 Å². The van der Waals surface area contributed by atoms with E-state index in [2.05, 4.69) is 21.1 Å². The molecule has 0 radical (unpaired) electrons. The summed E-state index contributed by atoms with van der Waals surface area (Å²) in [6, 6.07) is 12.3. The number of hydrogen-bond donors (Lipinski definition) is 2. The highest BCUT2D eigenvalue weighted by Gasteiger charge is 2.32. The lowest BCUT2D eigenvalue weighted by atomic mass is 9.94. The van der Waals surface area contributed by atoms with Crippen LogP contribution in [0.5, 0.6) is 0 Å². The van der Waals surface area contributed by atoms with E-state index in [1.165, 1.54) is 18.2 Å². The summed E-state index contributed by atoms with van der Waals surface area (Å²) in [5.74, 6) is -0.104. The molecule has 0 bridgehead atoms. The van der Waals surface area contributed by atoms with Crippen molar-refractivity contribution in [2.24, 2.45) is 16.1 Å². The molecule has 1 amide bonds. The summed E-state index contributed by atoms with van der Waals surface area (Å²) in [7, 11) is 0. The van der Waals surface area contributed by atoms with Gasteiger partial charge >= 0.3 is 6.18 Å². The molecule has 2 N–H and O–H groups in total. The number of halogens is 3. The zero-order valence-corrected chi connectivity index (χ0v) is 14.4. The molecule has 2 aromatic rings. The Hall–Kier alpha value is -3.16. The number of alkyl halides is 3. The van der Waals surface area contributed by atoms with Crippen molar-refractivity contribution in [3.05, 3.63) is 65.2 Å². The molecule has 3 rings (SSSR count). The van der Waals surface area contributed by atoms with Crippen molar-refractivity contribution in [1.82, 2.24) is 5.43 Å². The number of amides is 1. The van der Waals surface area contributed by atoms with E-state index in [4.69, 9.17) is 0 Å². The van der Waals surface area contributed by atoms with Crippen LogP contribution in [-0.2, 0) is 11.0 Å². The Bertz CT molecular complexity index is 889. The molecule has 0 fully saturated rings. The number of hydrazone groups is 2. The fraction of sp³-hybridized carbons (Fsp3) is 0.211. The minimum atomic E-state index is -4.43. The first-order valence-electron chi connectivity index (χ1n) is 8.27. The highest BCUT2D eigenvalue weighted by molar-refractivity contribution is 6.05. The summed E-state index contributed by atoms with van der Waals surface area (Å²) in [6.07, 6.45) is -2.92. The van der Waals surface area contributed by atoms with Gasteiger partial charge in [-0.2, -0.15) is 23.4 Å². The van der Waals surface area contributed by atoms with Crippen LogP contribution in [0.4, 0.5) is 18.9 Å². The summed E-state index contributed by atoms with van der Waals surface area (Å²) in [4.78, 5) is 11.3. The molecule has 0 saturated carbocycles. The zero-order valence-electron chi connectivity index (χ0n) is 14.4. The lowest BCUT2D eigenvalue weighted by Crippen LogP contribution is -2.31. The van der Waals surface area contributed by atoms with Gasteiger partial charge in [-0.25, -0.2) is 5.43 Å². The molecule has 0 saturated heterocycles. The number of benzene rings is 2. The highest BCUT2D eigenvalue weighted by atomic mass is 19.4. The van der Waals surface area contributed by atoms with Gasteiger partial charge in [0.15, 0.2) is 0 Å². The Kier molecular flexibility index (Phi) is 5.25. The van der Waals surface area contributed by atoms with E-state index < -0.39 is 11.7 Å². The molecule has 27 heavy (non-hydrogen) atoms. The van der Waals surface area contributed by atoms with Crippen LogP contribution in [0, 0.1) is 5.92 Å². The molecule has 0 aromatic heterocycles. The minimum Gasteiger partial charge on any atom is -0.279 e. The fourth-order valence-corrected chi connectivity index (χ4v) is 2.76. The smallest absolute Gasteiger partial charge is 0.279 e. The van der Waals surface area contributed by atoms with Crippen molar-refractivity contribution in [1.29, 1.82) is 0 Å². The summed E-state index contributed by atoms with van der Waals surface area (Å²) in [5.41, 5.74) is 6.68. The van der Waals surface area contributed by atoms with E-state index >= 15 is 0 Å². The topological polar surface area (TPSA) is 65.8 Å². The molecule has 0 aliphatic carbocycles. The van der Waals surface area contributed by atoms with Gasteiger partial charge in [0, 0.05) is 17.9 Å². The van der Waals surface area contributed by atoms with Gasteiger partial charge in [-0.3, -0.25) is 10.2 Å². The van der Waals surface area contributed by atoms with Crippen molar-refractivity contribution in [2.45, 2.75) is 19.5 Å². The third-order valence-corrected chi connectivity index (χ3v) is 4.10. The van der Waals surface area contributed by atoms with Gasteiger partial charge in [-0.15, -0.1) is 0 Å². The Morgan fingerprint density at radius 2 is 1.89 bits per heavy atom. The quantitative estimate of drug-likeness (QED) is 0.627. The second-order valence-electron chi connectivity index (χ2n) is 6.17. The van der Waals surface area contributed by atoms with Gasteiger partial charge < -0.3 is 0 Å². The van der Waals surface area contributed by atoms with Crippen molar-refractivity contribution in [3.8, 4) is 0 Å². The zero-order chi connectivity index (χ0) is 19.4. The number of hydrogen-bond acceptors (Lipinski definition) is 4. The number of nitrogens with zero attached hydrogens (tertiary/aromatic N) is 2. The first-order chi connectivity index (χ1) is 12.8. The van der Waals surface area contributed by atoms with E-state index in [-0.39, 0.29) is 17.4 Å². The van der Waals surface area contributed by atoms with Crippen LogP contribution in [0.2, 0.25) is 0 Å². The van der Waals surface area contributed by atoms with Gasteiger partial charge in [0.25, 0.3) is 0 Å². The first kappa shape index (κ1) is 18.6. The maximum atomic E-state index is 13.0. The molecule has 5 nitrogen and oxygen atoms in total. The van der Waals surface area contributed by atoms with Gasteiger partial charge in [0.05, 0.1) is 23.2 Å². The number of carbonyl (C=O) groups excluding carboxylic acids is 1. The van der Waals surface area contributed by atoms with Crippen molar-refractivity contribution in [3.63, 3.8) is 0 Å². The third kappa shape index (κ3) is 4.52. The summed E-state index contributed by atoms with van der Waals surface area (Å²) in [5, 5.41) is 7.98. The van der Waals surface area contributed by atoms with Crippen molar-refractivity contribution >= 4 is 23.5 Å². The molecule has 1 aliphatic rings. The highest BCUT2D eigenvalue weighted by Crippen LogP contribution is 2.31. The SMILES string of the molecule is CC1CC(=O)NN=C1c1ccc(N/N=C\c2ccccc2C(F)(F)F)cc1. The van der Waals surface area contributed by atoms with Crippen LogP contribution < -0.4 is 10.9 Å². The maximum Gasteiger partial charge on any atom is 0.417 e. The Labute approximate surface area is 154 Å². The van der Waals surface area contributed by atoms with E-state index in [0.717, 1.165) is 23.6 Å². The van der Waals surface area contributed by atoms with Crippen LogP contribution >= 0.6 is 0 Å². The van der Waals surface area contributed by atoms with Gasteiger partial charge in [0.2, 0.25) is 5.91 Å². The lowest BCUT2D eigenvalue weighted by Gasteiger charge is -2.19. The average Bonchev–Trinajstić information content (AvgIpc) is 2.62. The molecule has 1 aliphatic heterocycles. The number of nitrogens with one attached hydrogen (secondary N) is 2. The minimum absolute atomic E-state index is 0.00875. The maximum absolute atomic E-state index is 13.0. The molecule has 8 heteroatoms. The lowest BCUT2D eigenvalue weighted by molar-refractivity contribution is -0.137. The summed E-state index contributed by atoms with van der Waals surface area (Å²) >= 11 is 0. The summed E-state index contributed by atoms with van der Waals surface area (Å²) < 4.78 is 38.9. The second-order valence-corrected chi connectivity index (χ2v) is 6.17. The van der Waals surface area contributed by atoms with E-state index in [0.29, 0.717) is 12.1 Å². The largest absolute Gasteiger partial charge is 0.417 e. The monoisotopic (exact) mass is 374 g/mol. The average molecular weight is 374 g/mol. The van der Waals surface area contributed by atoms with Crippen LogP contribution in [0.15, 0.2) is 58.7 Å². The normalized spacial score (nSPS) is 17.6. The number of rotatable bonds is 4. The first-order valence-corrected chi connectivity index (χ1v) is 8.27. The fourth-order valence-electron chi connectivity index (χ4n) is 2.76. The molecule has 2 aromatic carbocycles. The molecule has 1 heterocycles. The number of carbonyl (C=O) groups is 1. The Morgan fingerprint density at radius 3 is 2.56 bits per heavy atom. The summed E-state index contributed by atoms with van der Waals surface area (Å²) in [6.45, 7) is 1.92. The molecule has 140 valence electrons. The van der Waals surface area contributed by atoms with Crippen molar-refractivity contribution < 1.29 is 18.0 Å². The predicted molar refractivity (Wildman–Crippen MR) is 97.6 cm³/mol. The molecular formula is C19H17F3N4O. The Morgan fingerprint density at radius 1 is 1.19 bits per heavy atom. The van der Waals surface area contributed by atoms with E-state index in [1.807, 2.05) is 19.1 Å².